The molecule has 1 fully saturated rings. The molecule has 1 unspecified atom stereocenters. The van der Waals surface area contributed by atoms with Crippen LogP contribution in [0.3, 0.4) is 0 Å². The minimum Gasteiger partial charge on any atom is -0.357 e. The summed E-state index contributed by atoms with van der Waals surface area (Å²) in [6, 6.07) is 7.77. The molecule has 4 heteroatoms. The number of hydrogen-bond acceptors (Lipinski definition) is 3. The van der Waals surface area contributed by atoms with Gasteiger partial charge in [-0.25, -0.2) is 0 Å². The molecular formula is C15H19N2OP. The average Bonchev–Trinajstić information content (AvgIpc) is 2.73. The summed E-state index contributed by atoms with van der Waals surface area (Å²) in [6.07, 6.45) is 0.862. The second kappa shape index (κ2) is 5.18. The van der Waals surface area contributed by atoms with Gasteiger partial charge in [0.1, 0.15) is 5.54 Å². The average molecular weight is 274 g/mol. The van der Waals surface area contributed by atoms with Crippen LogP contribution in [0.5, 0.6) is 0 Å². The molecule has 100 valence electrons. The van der Waals surface area contributed by atoms with Crippen molar-refractivity contribution < 1.29 is 4.79 Å². The third-order valence-electron chi connectivity index (χ3n) is 3.58. The van der Waals surface area contributed by atoms with Crippen LogP contribution in [0.4, 0.5) is 0 Å². The van der Waals surface area contributed by atoms with Gasteiger partial charge in [0.05, 0.1) is 5.82 Å². The van der Waals surface area contributed by atoms with Crippen molar-refractivity contribution in [3.63, 3.8) is 0 Å². The van der Waals surface area contributed by atoms with E-state index in [1.165, 1.54) is 0 Å². The molecule has 0 radical (unpaired) electrons. The Bertz CT molecular complexity index is 536. The molecule has 0 bridgehead atoms. The fourth-order valence-electron chi connectivity index (χ4n) is 2.46. The van der Waals surface area contributed by atoms with Crippen LogP contribution in [0.2, 0.25) is 0 Å². The minimum atomic E-state index is -0.326. The van der Waals surface area contributed by atoms with Crippen LogP contribution in [-0.2, 0) is 5.54 Å². The zero-order valence-electron chi connectivity index (χ0n) is 11.3. The molecule has 1 heterocycles. The van der Waals surface area contributed by atoms with E-state index in [4.69, 9.17) is 0 Å². The van der Waals surface area contributed by atoms with E-state index in [1.54, 1.807) is 0 Å². The summed E-state index contributed by atoms with van der Waals surface area (Å²) in [4.78, 5) is 11.7. The summed E-state index contributed by atoms with van der Waals surface area (Å²) in [7, 11) is 0.298. The normalized spacial score (nSPS) is 22.6. The van der Waals surface area contributed by atoms with Crippen molar-refractivity contribution in [2.24, 2.45) is 0 Å². The highest BCUT2D eigenvalue weighted by molar-refractivity contribution is 7.58. The Kier molecular flexibility index (Phi) is 3.77. The standard InChI is InChI=1S/C15H19N2OP/c1-5-15(10(2)16-11(3)17-15)13-8-6-12(7-9-13)14(18)19-4/h6-9,16-17,19H,2-3,5H2,1,4H3/t15-/m1/s1. The number of nitrogens with one attached hydrogen (secondary N) is 2. The first kappa shape index (κ1) is 13.8. The van der Waals surface area contributed by atoms with Gasteiger partial charge in [-0.05, 0) is 27.2 Å². The van der Waals surface area contributed by atoms with Crippen LogP contribution >= 0.6 is 8.58 Å². The highest BCUT2D eigenvalue weighted by Gasteiger charge is 2.38. The summed E-state index contributed by atoms with van der Waals surface area (Å²) < 4.78 is 0. The second-order valence-corrected chi connectivity index (χ2v) is 5.58. The topological polar surface area (TPSA) is 41.1 Å². The first-order valence-electron chi connectivity index (χ1n) is 6.29. The SMILES string of the molecule is C=C1NC(=C)[C@](CC)(c2ccc(C(=O)PC)cc2)N1. The van der Waals surface area contributed by atoms with Gasteiger partial charge in [0.25, 0.3) is 0 Å². The van der Waals surface area contributed by atoms with Crippen molar-refractivity contribution in [3.8, 4) is 0 Å². The second-order valence-electron chi connectivity index (χ2n) is 4.62. The Balaban J connectivity index is 2.38. The van der Waals surface area contributed by atoms with Gasteiger partial charge in [-0.2, -0.15) is 0 Å². The van der Waals surface area contributed by atoms with Gasteiger partial charge < -0.3 is 10.6 Å². The maximum atomic E-state index is 11.7. The zero-order chi connectivity index (χ0) is 14.0. The largest absolute Gasteiger partial charge is 0.357 e. The molecule has 2 N–H and O–H groups in total. The summed E-state index contributed by atoms with van der Waals surface area (Å²) in [6.45, 7) is 12.0. The van der Waals surface area contributed by atoms with Crippen LogP contribution in [0, 0.1) is 0 Å². The molecule has 3 nitrogen and oxygen atoms in total. The van der Waals surface area contributed by atoms with E-state index in [2.05, 4.69) is 30.7 Å². The highest BCUT2D eigenvalue weighted by Crippen LogP contribution is 2.35. The van der Waals surface area contributed by atoms with E-state index in [9.17, 15) is 4.79 Å². The molecule has 1 aromatic carbocycles. The lowest BCUT2D eigenvalue weighted by Crippen LogP contribution is -2.36. The maximum absolute atomic E-state index is 11.7. The summed E-state index contributed by atoms with van der Waals surface area (Å²) in [5.41, 5.74) is 2.63. The number of benzene rings is 1. The lowest BCUT2D eigenvalue weighted by molar-refractivity contribution is 0.108. The molecular weight excluding hydrogens is 255 g/mol. The van der Waals surface area contributed by atoms with Crippen molar-refractivity contribution in [2.75, 3.05) is 6.66 Å². The van der Waals surface area contributed by atoms with E-state index in [1.807, 2.05) is 30.9 Å². The van der Waals surface area contributed by atoms with E-state index in [-0.39, 0.29) is 11.1 Å². The lowest BCUT2D eigenvalue weighted by atomic mass is 9.85. The van der Waals surface area contributed by atoms with E-state index in [0.29, 0.717) is 8.58 Å². The minimum absolute atomic E-state index is 0.192. The van der Waals surface area contributed by atoms with E-state index >= 15 is 0 Å². The van der Waals surface area contributed by atoms with Crippen LogP contribution < -0.4 is 10.6 Å². The Morgan fingerprint density at radius 3 is 2.37 bits per heavy atom. The molecule has 0 saturated carbocycles. The molecule has 0 aromatic heterocycles. The fraction of sp³-hybridized carbons (Fsp3) is 0.267. The van der Waals surface area contributed by atoms with E-state index < -0.39 is 0 Å². The van der Waals surface area contributed by atoms with Crippen LogP contribution in [0.25, 0.3) is 0 Å². The summed E-state index contributed by atoms with van der Waals surface area (Å²) in [5.74, 6) is 0.766. The van der Waals surface area contributed by atoms with Gasteiger partial charge in [0.15, 0.2) is 5.52 Å². The molecule has 0 aliphatic carbocycles. The van der Waals surface area contributed by atoms with Crippen molar-refractivity contribution in [1.29, 1.82) is 0 Å². The molecule has 19 heavy (non-hydrogen) atoms. The quantitative estimate of drug-likeness (QED) is 0.829. The monoisotopic (exact) mass is 274 g/mol. The maximum Gasteiger partial charge on any atom is 0.180 e. The molecule has 1 aromatic rings. The third kappa shape index (κ3) is 2.31. The third-order valence-corrected chi connectivity index (χ3v) is 4.32. The number of carbonyl (C=O) groups is 1. The van der Waals surface area contributed by atoms with Gasteiger partial charge in [0, 0.05) is 11.3 Å². The van der Waals surface area contributed by atoms with Crippen LogP contribution in [0.15, 0.2) is 48.9 Å². The fourth-order valence-corrected chi connectivity index (χ4v) is 2.91. The molecule has 0 spiro atoms. The number of rotatable bonds is 4. The Labute approximate surface area is 116 Å². The first-order valence-corrected chi connectivity index (χ1v) is 7.79. The summed E-state index contributed by atoms with van der Waals surface area (Å²) >= 11 is 0. The lowest BCUT2D eigenvalue weighted by Gasteiger charge is -2.29. The van der Waals surface area contributed by atoms with Gasteiger partial charge in [0.2, 0.25) is 0 Å². The van der Waals surface area contributed by atoms with Crippen molar-refractivity contribution in [2.45, 2.75) is 18.9 Å². The Morgan fingerprint density at radius 2 is 1.95 bits per heavy atom. The number of hydrogen-bond donors (Lipinski definition) is 2. The molecule has 2 atom stereocenters. The Morgan fingerprint density at radius 1 is 1.32 bits per heavy atom. The van der Waals surface area contributed by atoms with Gasteiger partial charge in [-0.15, -0.1) is 0 Å². The first-order chi connectivity index (χ1) is 9.03. The molecule has 1 aliphatic heterocycles. The molecule has 1 aliphatic rings. The van der Waals surface area contributed by atoms with E-state index in [0.717, 1.165) is 29.1 Å². The zero-order valence-corrected chi connectivity index (χ0v) is 12.3. The summed E-state index contributed by atoms with van der Waals surface area (Å²) in [5, 5.41) is 6.50. The van der Waals surface area contributed by atoms with Gasteiger partial charge in [-0.1, -0.05) is 44.3 Å². The Hall–Kier alpha value is -1.60. The van der Waals surface area contributed by atoms with Crippen molar-refractivity contribution in [3.05, 3.63) is 60.1 Å². The van der Waals surface area contributed by atoms with Gasteiger partial charge >= 0.3 is 0 Å². The molecule has 2 rings (SSSR count). The van der Waals surface area contributed by atoms with Gasteiger partial charge in [-0.3, -0.25) is 4.79 Å². The highest BCUT2D eigenvalue weighted by atomic mass is 31.1. The van der Waals surface area contributed by atoms with Crippen LogP contribution in [-0.4, -0.2) is 12.2 Å². The van der Waals surface area contributed by atoms with Crippen molar-refractivity contribution in [1.82, 2.24) is 10.6 Å². The molecule has 0 amide bonds. The molecule has 1 saturated heterocycles. The predicted octanol–water partition coefficient (Wildman–Crippen LogP) is 2.92. The smallest absolute Gasteiger partial charge is 0.180 e. The van der Waals surface area contributed by atoms with Crippen LogP contribution in [0.1, 0.15) is 29.3 Å². The van der Waals surface area contributed by atoms with Crippen molar-refractivity contribution >= 4 is 14.1 Å². The number of carbonyl (C=O) groups excluding carboxylic acids is 1. The predicted molar refractivity (Wildman–Crippen MR) is 81.5 cm³/mol.